The summed E-state index contributed by atoms with van der Waals surface area (Å²) < 4.78 is 0. The third-order valence-electron chi connectivity index (χ3n) is 1.57. The van der Waals surface area contributed by atoms with Crippen molar-refractivity contribution in [2.24, 2.45) is 0 Å². The number of hydrogen-bond donors (Lipinski definition) is 2. The SMILES string of the molecule is O=[C]C(=Cc1ccccn1)C(=O)NCO. The summed E-state index contributed by atoms with van der Waals surface area (Å²) in [5, 5.41) is 10.5. The number of rotatable bonds is 4. The average molecular weight is 205 g/mol. The Morgan fingerprint density at radius 2 is 2.40 bits per heavy atom. The zero-order chi connectivity index (χ0) is 11.1. The molecule has 0 aromatic carbocycles. The fourth-order valence-corrected chi connectivity index (χ4v) is 0.918. The summed E-state index contributed by atoms with van der Waals surface area (Å²) in [5.74, 6) is -0.682. The van der Waals surface area contributed by atoms with Crippen molar-refractivity contribution < 1.29 is 14.7 Å². The molecule has 5 heteroatoms. The molecular weight excluding hydrogens is 196 g/mol. The van der Waals surface area contributed by atoms with Gasteiger partial charge in [-0.3, -0.25) is 14.6 Å². The van der Waals surface area contributed by atoms with E-state index in [-0.39, 0.29) is 5.57 Å². The predicted molar refractivity (Wildman–Crippen MR) is 53.1 cm³/mol. The number of aromatic nitrogens is 1. The van der Waals surface area contributed by atoms with Gasteiger partial charge in [-0.05, 0) is 18.2 Å². The highest BCUT2D eigenvalue weighted by atomic mass is 16.3. The third-order valence-corrected chi connectivity index (χ3v) is 1.57. The highest BCUT2D eigenvalue weighted by molar-refractivity contribution is 6.14. The van der Waals surface area contributed by atoms with E-state index < -0.39 is 12.6 Å². The predicted octanol–water partition coefficient (Wildman–Crippen LogP) is -0.359. The van der Waals surface area contributed by atoms with Gasteiger partial charge in [0.05, 0.1) is 11.3 Å². The monoisotopic (exact) mass is 205 g/mol. The highest BCUT2D eigenvalue weighted by Gasteiger charge is 2.08. The zero-order valence-electron chi connectivity index (χ0n) is 7.80. The van der Waals surface area contributed by atoms with E-state index in [0.29, 0.717) is 5.69 Å². The van der Waals surface area contributed by atoms with E-state index >= 15 is 0 Å². The summed E-state index contributed by atoms with van der Waals surface area (Å²) >= 11 is 0. The van der Waals surface area contributed by atoms with Gasteiger partial charge >= 0.3 is 0 Å². The number of carbonyl (C=O) groups is 1. The molecule has 1 rings (SSSR count). The largest absolute Gasteiger partial charge is 0.376 e. The van der Waals surface area contributed by atoms with Crippen molar-refractivity contribution >= 4 is 18.3 Å². The summed E-state index contributed by atoms with van der Waals surface area (Å²) in [6.07, 6.45) is 4.31. The van der Waals surface area contributed by atoms with E-state index in [9.17, 15) is 9.59 Å². The summed E-state index contributed by atoms with van der Waals surface area (Å²) in [7, 11) is 0. The van der Waals surface area contributed by atoms with E-state index in [4.69, 9.17) is 5.11 Å². The van der Waals surface area contributed by atoms with Gasteiger partial charge in [-0.2, -0.15) is 0 Å². The molecular formula is C10H9N2O3. The average Bonchev–Trinajstić information content (AvgIpc) is 2.27. The molecule has 1 aromatic heterocycles. The molecule has 0 unspecified atom stereocenters. The van der Waals surface area contributed by atoms with Crippen molar-refractivity contribution in [3.8, 4) is 0 Å². The van der Waals surface area contributed by atoms with Crippen molar-refractivity contribution in [3.63, 3.8) is 0 Å². The van der Waals surface area contributed by atoms with Gasteiger partial charge in [-0.1, -0.05) is 6.07 Å². The van der Waals surface area contributed by atoms with Gasteiger partial charge in [0.25, 0.3) is 5.91 Å². The Kier molecular flexibility index (Phi) is 4.18. The molecule has 0 spiro atoms. The Hall–Kier alpha value is -2.01. The molecule has 0 aliphatic rings. The fraction of sp³-hybridized carbons (Fsp3) is 0.100. The second-order valence-corrected chi connectivity index (χ2v) is 2.58. The summed E-state index contributed by atoms with van der Waals surface area (Å²) in [4.78, 5) is 25.5. The van der Waals surface area contributed by atoms with Gasteiger partial charge in [0.2, 0.25) is 6.29 Å². The van der Waals surface area contributed by atoms with Crippen molar-refractivity contribution in [2.45, 2.75) is 0 Å². The first-order valence-electron chi connectivity index (χ1n) is 4.18. The number of aliphatic hydroxyl groups excluding tert-OH is 1. The first-order valence-corrected chi connectivity index (χ1v) is 4.18. The van der Waals surface area contributed by atoms with Crippen molar-refractivity contribution in [1.82, 2.24) is 10.3 Å². The Labute approximate surface area is 86.5 Å². The van der Waals surface area contributed by atoms with Crippen LogP contribution in [-0.4, -0.2) is 29.0 Å². The van der Waals surface area contributed by atoms with Crippen LogP contribution in [0.1, 0.15) is 5.69 Å². The molecule has 0 saturated carbocycles. The summed E-state index contributed by atoms with van der Waals surface area (Å²) in [6.45, 7) is -0.528. The van der Waals surface area contributed by atoms with Crippen molar-refractivity contribution in [3.05, 3.63) is 35.7 Å². The Balaban J connectivity index is 2.87. The van der Waals surface area contributed by atoms with Gasteiger partial charge in [-0.15, -0.1) is 0 Å². The van der Waals surface area contributed by atoms with Crippen molar-refractivity contribution in [2.75, 3.05) is 6.73 Å². The minimum Gasteiger partial charge on any atom is -0.376 e. The minimum absolute atomic E-state index is 0.206. The molecule has 0 atom stereocenters. The van der Waals surface area contributed by atoms with Crippen molar-refractivity contribution in [1.29, 1.82) is 0 Å². The van der Waals surface area contributed by atoms with Gasteiger partial charge in [0.15, 0.2) is 0 Å². The van der Waals surface area contributed by atoms with E-state index in [1.807, 2.05) is 0 Å². The molecule has 1 heterocycles. The number of aliphatic hydroxyl groups is 1. The van der Waals surface area contributed by atoms with E-state index in [1.165, 1.54) is 18.6 Å². The Bertz CT molecular complexity index is 374. The maximum atomic E-state index is 11.1. The lowest BCUT2D eigenvalue weighted by molar-refractivity contribution is -0.117. The van der Waals surface area contributed by atoms with Gasteiger partial charge in [0.1, 0.15) is 6.73 Å². The molecule has 0 bridgehead atoms. The van der Waals surface area contributed by atoms with Crippen LogP contribution in [-0.2, 0) is 9.59 Å². The summed E-state index contributed by atoms with van der Waals surface area (Å²) in [6, 6.07) is 5.09. The number of nitrogens with one attached hydrogen (secondary N) is 1. The lowest BCUT2D eigenvalue weighted by Crippen LogP contribution is -2.26. The minimum atomic E-state index is -0.682. The molecule has 1 aromatic rings. The molecule has 0 fully saturated rings. The Morgan fingerprint density at radius 3 is 2.93 bits per heavy atom. The molecule has 1 radical (unpaired) electrons. The number of amides is 1. The normalized spacial score (nSPS) is 10.9. The molecule has 1 amide bonds. The standard InChI is InChI=1S/C10H9N2O3/c13-6-8(10(15)12-7-14)5-9-3-1-2-4-11-9/h1-5,14H,7H2,(H,12,15). The van der Waals surface area contributed by atoms with E-state index in [1.54, 1.807) is 18.2 Å². The fourth-order valence-electron chi connectivity index (χ4n) is 0.918. The first kappa shape index (κ1) is 11.1. The second-order valence-electron chi connectivity index (χ2n) is 2.58. The van der Waals surface area contributed by atoms with Crippen LogP contribution in [0.4, 0.5) is 0 Å². The maximum absolute atomic E-state index is 11.1. The van der Waals surface area contributed by atoms with Crippen LogP contribution in [0.25, 0.3) is 6.08 Å². The quantitative estimate of drug-likeness (QED) is 0.304. The molecule has 5 nitrogen and oxygen atoms in total. The molecule has 0 aliphatic carbocycles. The van der Waals surface area contributed by atoms with Crippen LogP contribution in [0.15, 0.2) is 30.0 Å². The van der Waals surface area contributed by atoms with Crippen LogP contribution in [0.5, 0.6) is 0 Å². The molecule has 2 N–H and O–H groups in total. The molecule has 0 aliphatic heterocycles. The highest BCUT2D eigenvalue weighted by Crippen LogP contribution is 2.01. The lowest BCUT2D eigenvalue weighted by Gasteiger charge is -1.99. The van der Waals surface area contributed by atoms with Crippen LogP contribution in [0.2, 0.25) is 0 Å². The Morgan fingerprint density at radius 1 is 1.60 bits per heavy atom. The maximum Gasteiger partial charge on any atom is 0.257 e. The topological polar surface area (TPSA) is 79.3 Å². The van der Waals surface area contributed by atoms with E-state index in [0.717, 1.165) is 0 Å². The van der Waals surface area contributed by atoms with Gasteiger partial charge < -0.3 is 10.4 Å². The number of hydrogen-bond acceptors (Lipinski definition) is 4. The van der Waals surface area contributed by atoms with Gasteiger partial charge in [-0.25, -0.2) is 0 Å². The van der Waals surface area contributed by atoms with Crippen LogP contribution in [0.3, 0.4) is 0 Å². The second kappa shape index (κ2) is 5.66. The zero-order valence-corrected chi connectivity index (χ0v) is 7.80. The van der Waals surface area contributed by atoms with Crippen LogP contribution in [0, 0.1) is 0 Å². The van der Waals surface area contributed by atoms with E-state index in [2.05, 4.69) is 10.3 Å². The number of nitrogens with zero attached hydrogens (tertiary/aromatic N) is 1. The molecule has 0 saturated heterocycles. The summed E-state index contributed by atoms with van der Waals surface area (Å²) in [5.41, 5.74) is 0.270. The number of carbonyl (C=O) groups excluding carboxylic acids is 2. The van der Waals surface area contributed by atoms with Gasteiger partial charge in [0, 0.05) is 6.20 Å². The first-order chi connectivity index (χ1) is 7.27. The number of pyridine rings is 1. The third kappa shape index (κ3) is 3.32. The lowest BCUT2D eigenvalue weighted by atomic mass is 10.2. The molecule has 15 heavy (non-hydrogen) atoms. The van der Waals surface area contributed by atoms with Crippen LogP contribution < -0.4 is 5.32 Å². The van der Waals surface area contributed by atoms with Crippen LogP contribution >= 0.6 is 0 Å². The smallest absolute Gasteiger partial charge is 0.257 e. The molecule has 77 valence electrons.